The van der Waals surface area contributed by atoms with Gasteiger partial charge in [0.25, 0.3) is 0 Å². The summed E-state index contributed by atoms with van der Waals surface area (Å²) in [6.07, 6.45) is 2.52. The van der Waals surface area contributed by atoms with Gasteiger partial charge in [0.1, 0.15) is 0 Å². The van der Waals surface area contributed by atoms with Gasteiger partial charge in [-0.1, -0.05) is 30.3 Å². The molecule has 1 amide bonds. The van der Waals surface area contributed by atoms with Crippen molar-refractivity contribution in [2.45, 2.75) is 12.0 Å². The molecule has 1 aliphatic heterocycles. The molecule has 0 bridgehead atoms. The van der Waals surface area contributed by atoms with Crippen molar-refractivity contribution in [3.63, 3.8) is 0 Å². The molecule has 2 heterocycles. The van der Waals surface area contributed by atoms with Crippen LogP contribution in [0.3, 0.4) is 0 Å². The van der Waals surface area contributed by atoms with Crippen LogP contribution < -0.4 is 0 Å². The Labute approximate surface area is 117 Å². The number of hydrogen-bond donors (Lipinski definition) is 2. The fourth-order valence-electron chi connectivity index (χ4n) is 2.90. The van der Waals surface area contributed by atoms with Crippen molar-refractivity contribution in [1.82, 2.24) is 14.9 Å². The molecular weight excluding hydrogens is 254 g/mol. The molecule has 104 valence electrons. The van der Waals surface area contributed by atoms with Crippen LogP contribution in [0.4, 0.5) is 0 Å². The van der Waals surface area contributed by atoms with E-state index in [0.717, 1.165) is 11.3 Å². The SMILES string of the molecule is CN1C[C@H](c2cnc[nH]2)[C@@H]([C@H](O)c2ccccc2)C1=O. The second-order valence-electron chi connectivity index (χ2n) is 5.21. The highest BCUT2D eigenvalue weighted by Crippen LogP contribution is 2.39. The van der Waals surface area contributed by atoms with Crippen molar-refractivity contribution in [3.05, 3.63) is 54.1 Å². The van der Waals surface area contributed by atoms with E-state index in [4.69, 9.17) is 0 Å². The molecule has 2 N–H and O–H groups in total. The molecule has 3 rings (SSSR count). The number of carbonyl (C=O) groups excluding carboxylic acids is 1. The van der Waals surface area contributed by atoms with Crippen molar-refractivity contribution < 1.29 is 9.90 Å². The molecule has 5 heteroatoms. The number of aliphatic hydroxyl groups is 1. The highest BCUT2D eigenvalue weighted by Gasteiger charge is 2.44. The van der Waals surface area contributed by atoms with Crippen molar-refractivity contribution in [3.8, 4) is 0 Å². The fourth-order valence-corrected chi connectivity index (χ4v) is 2.90. The van der Waals surface area contributed by atoms with E-state index in [1.165, 1.54) is 0 Å². The number of amides is 1. The highest BCUT2D eigenvalue weighted by atomic mass is 16.3. The molecule has 1 fully saturated rings. The van der Waals surface area contributed by atoms with E-state index in [-0.39, 0.29) is 11.8 Å². The Morgan fingerprint density at radius 2 is 2.15 bits per heavy atom. The molecule has 0 unspecified atom stereocenters. The number of likely N-dealkylation sites (tertiary alicyclic amines) is 1. The van der Waals surface area contributed by atoms with Crippen LogP contribution in [-0.2, 0) is 4.79 Å². The maximum atomic E-state index is 12.4. The van der Waals surface area contributed by atoms with Crippen LogP contribution in [0.2, 0.25) is 0 Å². The molecule has 5 nitrogen and oxygen atoms in total. The normalized spacial score (nSPS) is 24.1. The number of rotatable bonds is 3. The first-order valence-electron chi connectivity index (χ1n) is 6.64. The quantitative estimate of drug-likeness (QED) is 0.884. The standard InChI is InChI=1S/C15H17N3O2/c1-18-8-11(12-7-16-9-17-12)13(15(18)20)14(19)10-5-3-2-4-6-10/h2-7,9,11,13-14,19H,8H2,1H3,(H,16,17)/t11-,13+,14-/m1/s1. The van der Waals surface area contributed by atoms with Gasteiger partial charge >= 0.3 is 0 Å². The summed E-state index contributed by atoms with van der Waals surface area (Å²) in [5.41, 5.74) is 1.66. The van der Waals surface area contributed by atoms with Gasteiger partial charge in [-0.25, -0.2) is 4.98 Å². The Balaban J connectivity index is 1.94. The number of carbonyl (C=O) groups is 1. The number of aromatic amines is 1. The summed E-state index contributed by atoms with van der Waals surface area (Å²) in [5, 5.41) is 10.6. The Kier molecular flexibility index (Phi) is 3.28. The zero-order valence-electron chi connectivity index (χ0n) is 11.2. The van der Waals surface area contributed by atoms with Crippen molar-refractivity contribution in [2.24, 2.45) is 5.92 Å². The summed E-state index contributed by atoms with van der Waals surface area (Å²) >= 11 is 0. The molecule has 1 aromatic heterocycles. The van der Waals surface area contributed by atoms with Crippen molar-refractivity contribution in [2.75, 3.05) is 13.6 Å². The number of likely N-dealkylation sites (N-methyl/N-ethyl adjacent to an activating group) is 1. The Morgan fingerprint density at radius 3 is 2.80 bits per heavy atom. The first-order valence-corrected chi connectivity index (χ1v) is 6.64. The van der Waals surface area contributed by atoms with Gasteiger partial charge in [0.15, 0.2) is 0 Å². The van der Waals surface area contributed by atoms with Crippen LogP contribution in [0.15, 0.2) is 42.9 Å². The van der Waals surface area contributed by atoms with Gasteiger partial charge in [0.2, 0.25) is 5.91 Å². The third-order valence-corrected chi connectivity index (χ3v) is 3.97. The van der Waals surface area contributed by atoms with Gasteiger partial charge in [-0.2, -0.15) is 0 Å². The molecule has 0 spiro atoms. The van der Waals surface area contributed by atoms with Crippen LogP contribution in [0.5, 0.6) is 0 Å². The monoisotopic (exact) mass is 271 g/mol. The molecule has 2 aromatic rings. The molecule has 0 aliphatic carbocycles. The summed E-state index contributed by atoms with van der Waals surface area (Å²) in [6, 6.07) is 9.32. The fraction of sp³-hybridized carbons (Fsp3) is 0.333. The number of hydrogen-bond acceptors (Lipinski definition) is 3. The van der Waals surface area contributed by atoms with E-state index < -0.39 is 12.0 Å². The molecular formula is C15H17N3O2. The first-order chi connectivity index (χ1) is 9.68. The largest absolute Gasteiger partial charge is 0.388 e. The zero-order valence-corrected chi connectivity index (χ0v) is 11.2. The minimum absolute atomic E-state index is 0.0269. The van der Waals surface area contributed by atoms with E-state index >= 15 is 0 Å². The first kappa shape index (κ1) is 12.9. The van der Waals surface area contributed by atoms with Gasteiger partial charge < -0.3 is 15.0 Å². The Morgan fingerprint density at radius 1 is 1.40 bits per heavy atom. The predicted molar refractivity (Wildman–Crippen MR) is 73.9 cm³/mol. The van der Waals surface area contributed by atoms with E-state index in [2.05, 4.69) is 9.97 Å². The van der Waals surface area contributed by atoms with E-state index in [1.54, 1.807) is 24.5 Å². The van der Waals surface area contributed by atoms with Crippen LogP contribution in [0.1, 0.15) is 23.3 Å². The van der Waals surface area contributed by atoms with E-state index in [1.807, 2.05) is 30.3 Å². The number of H-pyrrole nitrogens is 1. The van der Waals surface area contributed by atoms with Gasteiger partial charge in [0.05, 0.1) is 18.3 Å². The topological polar surface area (TPSA) is 69.2 Å². The van der Waals surface area contributed by atoms with Crippen LogP contribution >= 0.6 is 0 Å². The average molecular weight is 271 g/mol. The third kappa shape index (κ3) is 2.10. The Hall–Kier alpha value is -2.14. The molecule has 0 saturated carbocycles. The summed E-state index contributed by atoms with van der Waals surface area (Å²) in [4.78, 5) is 21.1. The lowest BCUT2D eigenvalue weighted by Crippen LogP contribution is -2.27. The summed E-state index contributed by atoms with van der Waals surface area (Å²) in [5.74, 6) is -0.561. The lowest BCUT2D eigenvalue weighted by atomic mass is 9.85. The molecule has 20 heavy (non-hydrogen) atoms. The van der Waals surface area contributed by atoms with Crippen LogP contribution in [0.25, 0.3) is 0 Å². The van der Waals surface area contributed by atoms with Crippen molar-refractivity contribution in [1.29, 1.82) is 0 Å². The van der Waals surface area contributed by atoms with Gasteiger partial charge in [-0.3, -0.25) is 4.79 Å². The highest BCUT2D eigenvalue weighted by molar-refractivity contribution is 5.83. The summed E-state index contributed by atoms with van der Waals surface area (Å²) in [7, 11) is 1.77. The number of aliphatic hydroxyl groups excluding tert-OH is 1. The second kappa shape index (κ2) is 5.09. The number of imidazole rings is 1. The predicted octanol–water partition coefficient (Wildman–Crippen LogP) is 1.32. The molecule has 3 atom stereocenters. The van der Waals surface area contributed by atoms with Crippen molar-refractivity contribution >= 4 is 5.91 Å². The lowest BCUT2D eigenvalue weighted by Gasteiger charge is -2.21. The second-order valence-corrected chi connectivity index (χ2v) is 5.21. The minimum Gasteiger partial charge on any atom is -0.388 e. The number of benzene rings is 1. The van der Waals surface area contributed by atoms with Gasteiger partial charge in [-0.15, -0.1) is 0 Å². The van der Waals surface area contributed by atoms with Gasteiger partial charge in [-0.05, 0) is 5.56 Å². The number of nitrogens with zero attached hydrogens (tertiary/aromatic N) is 2. The maximum Gasteiger partial charge on any atom is 0.229 e. The molecule has 1 aliphatic rings. The maximum absolute atomic E-state index is 12.4. The minimum atomic E-state index is -0.804. The average Bonchev–Trinajstić information content (AvgIpc) is 3.09. The summed E-state index contributed by atoms with van der Waals surface area (Å²) < 4.78 is 0. The van der Waals surface area contributed by atoms with Crippen LogP contribution in [0, 0.1) is 5.92 Å². The molecule has 1 saturated heterocycles. The number of aromatic nitrogens is 2. The van der Waals surface area contributed by atoms with Gasteiger partial charge in [0, 0.05) is 31.4 Å². The molecule has 0 radical (unpaired) electrons. The van der Waals surface area contributed by atoms with E-state index in [9.17, 15) is 9.90 Å². The molecule has 1 aromatic carbocycles. The zero-order chi connectivity index (χ0) is 14.1. The summed E-state index contributed by atoms with van der Waals surface area (Å²) in [6.45, 7) is 0.593. The third-order valence-electron chi connectivity index (χ3n) is 3.97. The number of nitrogens with one attached hydrogen (secondary N) is 1. The lowest BCUT2D eigenvalue weighted by molar-refractivity contribution is -0.133. The smallest absolute Gasteiger partial charge is 0.229 e. The van der Waals surface area contributed by atoms with E-state index in [0.29, 0.717) is 6.54 Å². The van der Waals surface area contributed by atoms with Crippen LogP contribution in [-0.4, -0.2) is 39.5 Å². The Bertz CT molecular complexity index is 582.